The van der Waals surface area contributed by atoms with Gasteiger partial charge in [-0.2, -0.15) is 0 Å². The molecular formula is C15H18ClNO3. The summed E-state index contributed by atoms with van der Waals surface area (Å²) in [5.74, 6) is -1.83. The van der Waals surface area contributed by atoms with E-state index in [1.165, 1.54) is 5.56 Å². The Kier molecular flexibility index (Phi) is 5.01. The van der Waals surface area contributed by atoms with E-state index in [1.54, 1.807) is 0 Å². The third-order valence-electron chi connectivity index (χ3n) is 3.78. The summed E-state index contributed by atoms with van der Waals surface area (Å²) in [5, 5.41) is 12.4. The monoisotopic (exact) mass is 295 g/mol. The first kappa shape index (κ1) is 14.9. The van der Waals surface area contributed by atoms with Gasteiger partial charge in [-0.3, -0.25) is 9.59 Å². The number of benzene rings is 1. The molecule has 2 N–H and O–H groups in total. The Morgan fingerprint density at radius 2 is 1.85 bits per heavy atom. The molecular weight excluding hydrogens is 278 g/mol. The molecule has 1 aliphatic carbocycles. The Bertz CT molecular complexity index is 486. The number of amides is 1. The molecule has 0 bridgehead atoms. The number of nitrogens with one attached hydrogen (secondary N) is 1. The minimum absolute atomic E-state index is 0.125. The Morgan fingerprint density at radius 1 is 1.20 bits per heavy atom. The van der Waals surface area contributed by atoms with Gasteiger partial charge >= 0.3 is 5.97 Å². The van der Waals surface area contributed by atoms with Crippen LogP contribution in [0.3, 0.4) is 0 Å². The molecule has 1 aliphatic rings. The number of aliphatic carboxylic acids is 1. The first-order chi connectivity index (χ1) is 9.58. The standard InChI is InChI=1S/C15H18ClNO3/c16-11-5-3-10(4-6-11)2-1-9-17-14(18)12-7-8-13(12)15(19)20/h3-6,12-13H,1-2,7-9H2,(H,17,18)(H,19,20). The summed E-state index contributed by atoms with van der Waals surface area (Å²) in [6.45, 7) is 0.574. The number of carboxylic acid groups (broad SMARTS) is 1. The molecule has 1 aromatic rings. The van der Waals surface area contributed by atoms with E-state index in [-0.39, 0.29) is 11.8 Å². The lowest BCUT2D eigenvalue weighted by Gasteiger charge is -2.31. The van der Waals surface area contributed by atoms with Crippen LogP contribution in [0.15, 0.2) is 24.3 Å². The second-order valence-electron chi connectivity index (χ2n) is 5.15. The zero-order valence-corrected chi connectivity index (χ0v) is 11.9. The van der Waals surface area contributed by atoms with E-state index < -0.39 is 11.9 Å². The fourth-order valence-corrected chi connectivity index (χ4v) is 2.52. The van der Waals surface area contributed by atoms with Crippen molar-refractivity contribution in [2.45, 2.75) is 25.7 Å². The van der Waals surface area contributed by atoms with Gasteiger partial charge in [-0.1, -0.05) is 23.7 Å². The van der Waals surface area contributed by atoms with Gasteiger partial charge < -0.3 is 10.4 Å². The average Bonchev–Trinajstić information content (AvgIpc) is 2.34. The zero-order chi connectivity index (χ0) is 14.5. The fraction of sp³-hybridized carbons (Fsp3) is 0.467. The Morgan fingerprint density at radius 3 is 2.40 bits per heavy atom. The molecule has 2 unspecified atom stereocenters. The molecule has 1 amide bonds. The van der Waals surface area contributed by atoms with E-state index in [2.05, 4.69) is 5.32 Å². The highest BCUT2D eigenvalue weighted by Crippen LogP contribution is 2.34. The third-order valence-corrected chi connectivity index (χ3v) is 4.04. The number of rotatable bonds is 6. The van der Waals surface area contributed by atoms with Crippen molar-refractivity contribution in [1.29, 1.82) is 0 Å². The van der Waals surface area contributed by atoms with Crippen LogP contribution in [0.5, 0.6) is 0 Å². The third kappa shape index (κ3) is 3.73. The van der Waals surface area contributed by atoms with Gasteiger partial charge in [0.15, 0.2) is 0 Å². The van der Waals surface area contributed by atoms with Crippen LogP contribution in [0.1, 0.15) is 24.8 Å². The molecule has 0 aliphatic heterocycles. The van der Waals surface area contributed by atoms with Crippen LogP contribution in [-0.2, 0) is 16.0 Å². The summed E-state index contributed by atoms with van der Waals surface area (Å²) >= 11 is 5.81. The lowest BCUT2D eigenvalue weighted by molar-refractivity contribution is -0.152. The van der Waals surface area contributed by atoms with Crippen molar-refractivity contribution in [3.05, 3.63) is 34.9 Å². The van der Waals surface area contributed by atoms with E-state index in [4.69, 9.17) is 16.7 Å². The number of carbonyl (C=O) groups excluding carboxylic acids is 1. The van der Waals surface area contributed by atoms with Crippen LogP contribution in [0.25, 0.3) is 0 Å². The predicted molar refractivity (Wildman–Crippen MR) is 76.6 cm³/mol. The lowest BCUT2D eigenvalue weighted by Crippen LogP contribution is -2.44. The van der Waals surface area contributed by atoms with Crippen LogP contribution in [0, 0.1) is 11.8 Å². The minimum Gasteiger partial charge on any atom is -0.481 e. The molecule has 0 spiro atoms. The maximum Gasteiger partial charge on any atom is 0.307 e. The van der Waals surface area contributed by atoms with E-state index in [0.717, 1.165) is 12.8 Å². The Balaban J connectivity index is 1.67. The van der Waals surface area contributed by atoms with Crippen molar-refractivity contribution in [2.24, 2.45) is 11.8 Å². The molecule has 1 saturated carbocycles. The van der Waals surface area contributed by atoms with E-state index in [9.17, 15) is 9.59 Å². The molecule has 0 radical (unpaired) electrons. The van der Waals surface area contributed by atoms with Gasteiger partial charge in [0, 0.05) is 11.6 Å². The topological polar surface area (TPSA) is 66.4 Å². The van der Waals surface area contributed by atoms with Crippen molar-refractivity contribution >= 4 is 23.5 Å². The second kappa shape index (κ2) is 6.75. The summed E-state index contributed by atoms with van der Waals surface area (Å²) in [4.78, 5) is 22.7. The number of halogens is 1. The normalized spacial score (nSPS) is 21.1. The molecule has 0 saturated heterocycles. The molecule has 1 aromatic carbocycles. The molecule has 108 valence electrons. The van der Waals surface area contributed by atoms with E-state index >= 15 is 0 Å². The summed E-state index contributed by atoms with van der Waals surface area (Å²) in [5.41, 5.74) is 1.18. The number of hydrogen-bond acceptors (Lipinski definition) is 2. The average molecular weight is 296 g/mol. The van der Waals surface area contributed by atoms with Crippen molar-refractivity contribution in [1.82, 2.24) is 5.32 Å². The maximum atomic E-state index is 11.8. The number of carboxylic acids is 1. The van der Waals surface area contributed by atoms with Gasteiger partial charge in [-0.25, -0.2) is 0 Å². The molecule has 2 rings (SSSR count). The summed E-state index contributed by atoms with van der Waals surface area (Å²) in [7, 11) is 0. The quantitative estimate of drug-likeness (QED) is 0.793. The van der Waals surface area contributed by atoms with Gasteiger partial charge in [-0.05, 0) is 43.4 Å². The summed E-state index contributed by atoms with van der Waals surface area (Å²) in [6, 6.07) is 7.63. The van der Waals surface area contributed by atoms with Crippen molar-refractivity contribution in [2.75, 3.05) is 6.54 Å². The van der Waals surface area contributed by atoms with Crippen molar-refractivity contribution in [3.63, 3.8) is 0 Å². The van der Waals surface area contributed by atoms with Crippen LogP contribution >= 0.6 is 11.6 Å². The molecule has 4 nitrogen and oxygen atoms in total. The summed E-state index contributed by atoms with van der Waals surface area (Å²) in [6.07, 6.45) is 2.99. The largest absolute Gasteiger partial charge is 0.481 e. The molecule has 2 atom stereocenters. The zero-order valence-electron chi connectivity index (χ0n) is 11.1. The smallest absolute Gasteiger partial charge is 0.307 e. The van der Waals surface area contributed by atoms with Crippen LogP contribution in [-0.4, -0.2) is 23.5 Å². The van der Waals surface area contributed by atoms with Gasteiger partial charge in [0.1, 0.15) is 0 Å². The highest BCUT2D eigenvalue weighted by Gasteiger charge is 2.41. The molecule has 0 heterocycles. The second-order valence-corrected chi connectivity index (χ2v) is 5.59. The molecule has 1 fully saturated rings. The van der Waals surface area contributed by atoms with E-state index in [0.29, 0.717) is 24.4 Å². The van der Waals surface area contributed by atoms with Crippen molar-refractivity contribution < 1.29 is 14.7 Å². The SMILES string of the molecule is O=C(O)C1CCC1C(=O)NCCCc1ccc(Cl)cc1. The van der Waals surface area contributed by atoms with Crippen LogP contribution < -0.4 is 5.32 Å². The number of hydrogen-bond donors (Lipinski definition) is 2. The van der Waals surface area contributed by atoms with Crippen molar-refractivity contribution in [3.8, 4) is 0 Å². The molecule has 20 heavy (non-hydrogen) atoms. The van der Waals surface area contributed by atoms with Gasteiger partial charge in [0.2, 0.25) is 5.91 Å². The predicted octanol–water partition coefficient (Wildman–Crippen LogP) is 2.50. The lowest BCUT2D eigenvalue weighted by atomic mass is 9.73. The minimum atomic E-state index is -0.863. The first-order valence-corrected chi connectivity index (χ1v) is 7.20. The summed E-state index contributed by atoms with van der Waals surface area (Å²) < 4.78 is 0. The van der Waals surface area contributed by atoms with Gasteiger partial charge in [-0.15, -0.1) is 0 Å². The highest BCUT2D eigenvalue weighted by molar-refractivity contribution is 6.30. The van der Waals surface area contributed by atoms with Gasteiger partial charge in [0.25, 0.3) is 0 Å². The molecule has 5 heteroatoms. The van der Waals surface area contributed by atoms with Crippen LogP contribution in [0.4, 0.5) is 0 Å². The first-order valence-electron chi connectivity index (χ1n) is 6.83. The van der Waals surface area contributed by atoms with Crippen LogP contribution in [0.2, 0.25) is 5.02 Å². The fourth-order valence-electron chi connectivity index (χ4n) is 2.40. The number of aryl methyl sites for hydroxylation is 1. The Labute approximate surface area is 123 Å². The maximum absolute atomic E-state index is 11.8. The number of carbonyl (C=O) groups is 2. The highest BCUT2D eigenvalue weighted by atomic mass is 35.5. The molecule has 0 aromatic heterocycles. The van der Waals surface area contributed by atoms with Gasteiger partial charge in [0.05, 0.1) is 11.8 Å². The van der Waals surface area contributed by atoms with E-state index in [1.807, 2.05) is 24.3 Å². The Hall–Kier alpha value is -1.55.